The summed E-state index contributed by atoms with van der Waals surface area (Å²) in [7, 11) is 0. The first-order valence-electron chi connectivity index (χ1n) is 11.4. The molecule has 1 aliphatic rings. The number of aliphatic carboxylic acids is 1. The van der Waals surface area contributed by atoms with Gasteiger partial charge in [-0.3, -0.25) is 4.79 Å². The molecule has 0 fully saturated rings. The second-order valence-electron chi connectivity index (χ2n) is 8.40. The molecule has 0 aromatic heterocycles. The van der Waals surface area contributed by atoms with Gasteiger partial charge in [0.25, 0.3) is 0 Å². The third-order valence-corrected chi connectivity index (χ3v) is 6.50. The molecule has 1 unspecified atom stereocenters. The average molecular weight is 483 g/mol. The van der Waals surface area contributed by atoms with E-state index in [1.807, 2.05) is 43.3 Å². The Morgan fingerprint density at radius 1 is 1.21 bits per heavy atom. The van der Waals surface area contributed by atoms with Crippen LogP contribution in [0.2, 0.25) is 5.02 Å². The van der Waals surface area contributed by atoms with Gasteiger partial charge in [0.1, 0.15) is 17.6 Å². The largest absolute Gasteiger partial charge is 0.493 e. The van der Waals surface area contributed by atoms with Crippen LogP contribution in [0.25, 0.3) is 11.1 Å². The molecule has 0 amide bonds. The number of carboxylic acid groups (broad SMARTS) is 1. The van der Waals surface area contributed by atoms with Crippen molar-refractivity contribution in [1.82, 2.24) is 5.32 Å². The lowest BCUT2D eigenvalue weighted by Crippen LogP contribution is -2.33. The van der Waals surface area contributed by atoms with Crippen LogP contribution in [-0.2, 0) is 17.8 Å². The van der Waals surface area contributed by atoms with E-state index in [-0.39, 0.29) is 11.9 Å². The van der Waals surface area contributed by atoms with Crippen LogP contribution in [-0.4, -0.2) is 23.7 Å². The number of ether oxygens (including phenoxy) is 1. The molecule has 0 heterocycles. The van der Waals surface area contributed by atoms with Crippen molar-refractivity contribution in [1.29, 1.82) is 0 Å². The van der Waals surface area contributed by atoms with E-state index in [1.165, 1.54) is 6.07 Å². The molecule has 0 radical (unpaired) electrons. The number of fused-ring (bicyclic) bond motifs is 1. The predicted molar refractivity (Wildman–Crippen MR) is 133 cm³/mol. The minimum absolute atomic E-state index is 0.0321. The minimum Gasteiger partial charge on any atom is -0.493 e. The van der Waals surface area contributed by atoms with Gasteiger partial charge in [0.2, 0.25) is 0 Å². The van der Waals surface area contributed by atoms with Crippen molar-refractivity contribution in [3.63, 3.8) is 0 Å². The van der Waals surface area contributed by atoms with E-state index >= 15 is 0 Å². The van der Waals surface area contributed by atoms with Crippen LogP contribution in [0.3, 0.4) is 0 Å². The van der Waals surface area contributed by atoms with Crippen LogP contribution in [0.15, 0.2) is 54.6 Å². The highest BCUT2D eigenvalue weighted by atomic mass is 35.5. The summed E-state index contributed by atoms with van der Waals surface area (Å²) < 4.78 is 20.3. The molecule has 0 saturated heterocycles. The third kappa shape index (κ3) is 5.03. The highest BCUT2D eigenvalue weighted by molar-refractivity contribution is 6.33. The number of halogens is 2. The molecule has 0 saturated carbocycles. The van der Waals surface area contributed by atoms with Crippen molar-refractivity contribution in [2.24, 2.45) is 0 Å². The van der Waals surface area contributed by atoms with Crippen molar-refractivity contribution < 1.29 is 19.0 Å². The van der Waals surface area contributed by atoms with Crippen molar-refractivity contribution in [3.8, 4) is 16.9 Å². The Morgan fingerprint density at radius 3 is 2.71 bits per heavy atom. The number of nitrogens with one attached hydrogen (secondary N) is 2. The molecule has 0 aliphatic heterocycles. The summed E-state index contributed by atoms with van der Waals surface area (Å²) in [6, 6.07) is 15.9. The summed E-state index contributed by atoms with van der Waals surface area (Å²) in [5.41, 5.74) is 5.36. The molecule has 5 nitrogen and oxygen atoms in total. The van der Waals surface area contributed by atoms with E-state index in [1.54, 1.807) is 13.0 Å². The number of carboxylic acids is 1. The highest BCUT2D eigenvalue weighted by Gasteiger charge is 2.26. The van der Waals surface area contributed by atoms with E-state index in [9.17, 15) is 9.18 Å². The molecule has 3 N–H and O–H groups in total. The Labute approximate surface area is 203 Å². The maximum Gasteiger partial charge on any atom is 0.320 e. The van der Waals surface area contributed by atoms with Gasteiger partial charge in [0.05, 0.1) is 23.4 Å². The van der Waals surface area contributed by atoms with Crippen LogP contribution in [0.4, 0.5) is 10.1 Å². The molecule has 3 aromatic carbocycles. The van der Waals surface area contributed by atoms with Crippen LogP contribution < -0.4 is 15.4 Å². The van der Waals surface area contributed by atoms with Gasteiger partial charge in [-0.15, -0.1) is 0 Å². The van der Waals surface area contributed by atoms with Crippen molar-refractivity contribution in [2.75, 3.05) is 11.9 Å². The monoisotopic (exact) mass is 482 g/mol. The van der Waals surface area contributed by atoms with Crippen LogP contribution in [0.5, 0.6) is 5.75 Å². The van der Waals surface area contributed by atoms with E-state index in [4.69, 9.17) is 21.4 Å². The summed E-state index contributed by atoms with van der Waals surface area (Å²) in [6.45, 7) is 4.28. The Kier molecular flexibility index (Phi) is 7.39. The molecule has 178 valence electrons. The van der Waals surface area contributed by atoms with Gasteiger partial charge in [-0.05, 0) is 55.5 Å². The maximum absolute atomic E-state index is 14.5. The zero-order valence-electron chi connectivity index (χ0n) is 19.2. The molecule has 1 aliphatic carbocycles. The summed E-state index contributed by atoms with van der Waals surface area (Å²) in [5, 5.41) is 16.2. The number of rotatable bonds is 9. The lowest BCUT2D eigenvalue weighted by molar-refractivity contribution is -0.139. The zero-order chi connectivity index (χ0) is 24.2. The Hall–Kier alpha value is -3.09. The summed E-state index contributed by atoms with van der Waals surface area (Å²) >= 11 is 6.62. The van der Waals surface area contributed by atoms with Crippen molar-refractivity contribution in [2.45, 2.75) is 45.3 Å². The fourth-order valence-corrected chi connectivity index (χ4v) is 4.65. The number of hydrogen-bond acceptors (Lipinski definition) is 4. The van der Waals surface area contributed by atoms with Crippen molar-refractivity contribution in [3.05, 3.63) is 82.1 Å². The van der Waals surface area contributed by atoms with Gasteiger partial charge >= 0.3 is 5.97 Å². The Balaban J connectivity index is 1.60. The van der Waals surface area contributed by atoms with Gasteiger partial charge in [0.15, 0.2) is 0 Å². The number of anilines is 1. The standard InChI is InChI=1S/C27H28ClFN2O3/c1-3-34-26-14-25(22(28)13-17(26)15-30-16(2)27(32)33)31-24-12-11-19-18(8-6-9-21(19)24)20-7-4-5-10-23(20)29/h4-10,13-14,16,24,30-31H,3,11-12,15H2,1-2H3,(H,32,33)/t16?,24-/m0/s1. The normalized spacial score (nSPS) is 15.6. The van der Waals surface area contributed by atoms with Crippen LogP contribution in [0, 0.1) is 5.82 Å². The summed E-state index contributed by atoms with van der Waals surface area (Å²) in [4.78, 5) is 11.1. The SMILES string of the molecule is CCOc1cc(N[C@H]2CCc3c(-c4ccccc4F)cccc32)c(Cl)cc1CNC(C)C(=O)O. The van der Waals surface area contributed by atoms with E-state index in [2.05, 4.69) is 16.7 Å². The van der Waals surface area contributed by atoms with E-state index in [0.29, 0.717) is 29.5 Å². The lowest BCUT2D eigenvalue weighted by atomic mass is 9.96. The predicted octanol–water partition coefficient (Wildman–Crippen LogP) is 6.21. The molecule has 2 atom stereocenters. The molecular formula is C27H28ClFN2O3. The van der Waals surface area contributed by atoms with Gasteiger partial charge in [-0.25, -0.2) is 4.39 Å². The number of carbonyl (C=O) groups is 1. The first-order chi connectivity index (χ1) is 16.4. The second-order valence-corrected chi connectivity index (χ2v) is 8.81. The second kappa shape index (κ2) is 10.5. The lowest BCUT2D eigenvalue weighted by Gasteiger charge is -2.20. The van der Waals surface area contributed by atoms with Gasteiger partial charge in [-0.2, -0.15) is 0 Å². The van der Waals surface area contributed by atoms with Crippen LogP contribution in [0.1, 0.15) is 43.0 Å². The maximum atomic E-state index is 14.5. The fraction of sp³-hybridized carbons (Fsp3) is 0.296. The first kappa shape index (κ1) is 24.0. The van der Waals surface area contributed by atoms with Gasteiger partial charge in [0, 0.05) is 23.7 Å². The molecule has 7 heteroatoms. The minimum atomic E-state index is -0.919. The molecule has 0 bridgehead atoms. The Morgan fingerprint density at radius 2 is 1.97 bits per heavy atom. The quantitative estimate of drug-likeness (QED) is 0.338. The summed E-state index contributed by atoms with van der Waals surface area (Å²) in [5.74, 6) is -0.493. The molecule has 34 heavy (non-hydrogen) atoms. The highest BCUT2D eigenvalue weighted by Crippen LogP contribution is 2.42. The van der Waals surface area contributed by atoms with Gasteiger partial charge in [-0.1, -0.05) is 48.0 Å². The van der Waals surface area contributed by atoms with E-state index in [0.717, 1.165) is 40.8 Å². The third-order valence-electron chi connectivity index (χ3n) is 6.18. The van der Waals surface area contributed by atoms with E-state index < -0.39 is 12.0 Å². The number of benzene rings is 3. The topological polar surface area (TPSA) is 70.6 Å². The smallest absolute Gasteiger partial charge is 0.320 e. The van der Waals surface area contributed by atoms with Gasteiger partial charge < -0.3 is 20.5 Å². The Bertz CT molecular complexity index is 1200. The molecular weight excluding hydrogens is 455 g/mol. The molecule has 4 rings (SSSR count). The molecule has 3 aromatic rings. The zero-order valence-corrected chi connectivity index (χ0v) is 20.0. The number of hydrogen-bond donors (Lipinski definition) is 3. The molecule has 0 spiro atoms. The average Bonchev–Trinajstić information content (AvgIpc) is 3.23. The summed E-state index contributed by atoms with van der Waals surface area (Å²) in [6.07, 6.45) is 1.70. The first-order valence-corrected chi connectivity index (χ1v) is 11.8. The fourth-order valence-electron chi connectivity index (χ4n) is 4.41. The van der Waals surface area contributed by atoms with Crippen LogP contribution >= 0.6 is 11.6 Å². The van der Waals surface area contributed by atoms with Crippen molar-refractivity contribution >= 4 is 23.3 Å².